The summed E-state index contributed by atoms with van der Waals surface area (Å²) in [5.74, 6) is 0. The fourth-order valence-corrected chi connectivity index (χ4v) is 5.50. The number of hydrogen-bond acceptors (Lipinski definition) is 1. The Morgan fingerprint density at radius 3 is 1.74 bits per heavy atom. The van der Waals surface area contributed by atoms with E-state index in [9.17, 15) is 0 Å². The van der Waals surface area contributed by atoms with Crippen LogP contribution >= 0.6 is 0 Å². The van der Waals surface area contributed by atoms with E-state index in [2.05, 4.69) is 140 Å². The van der Waals surface area contributed by atoms with Gasteiger partial charge in [0.25, 0.3) is 0 Å². The number of benzene rings is 5. The highest BCUT2D eigenvalue weighted by Crippen LogP contribution is 2.54. The predicted molar refractivity (Wildman–Crippen MR) is 145 cm³/mol. The minimum atomic E-state index is -0.110. The molecule has 0 saturated carbocycles. The summed E-state index contributed by atoms with van der Waals surface area (Å²) >= 11 is 0. The van der Waals surface area contributed by atoms with Gasteiger partial charge in [-0.3, -0.25) is 0 Å². The highest BCUT2D eigenvalue weighted by atomic mass is 14.9. The summed E-state index contributed by atoms with van der Waals surface area (Å²) in [6.07, 6.45) is 0. The maximum Gasteiger partial charge on any atom is 0.0463 e. The van der Waals surface area contributed by atoms with Gasteiger partial charge >= 0.3 is 0 Å². The molecule has 1 aliphatic carbocycles. The second-order valence-corrected chi connectivity index (χ2v) is 9.48. The Kier molecular flexibility index (Phi) is 4.85. The summed E-state index contributed by atoms with van der Waals surface area (Å²) in [6, 6.07) is 43.3. The van der Waals surface area contributed by atoms with E-state index in [1.807, 2.05) is 0 Å². The van der Waals surface area contributed by atoms with Crippen molar-refractivity contribution >= 4 is 11.4 Å². The van der Waals surface area contributed by atoms with Gasteiger partial charge < -0.3 is 5.32 Å². The average Bonchev–Trinajstić information content (AvgIpc) is 3.13. The van der Waals surface area contributed by atoms with Gasteiger partial charge in [0.1, 0.15) is 0 Å². The molecule has 0 radical (unpaired) electrons. The van der Waals surface area contributed by atoms with Crippen LogP contribution in [0, 0.1) is 0 Å². The third-order valence-corrected chi connectivity index (χ3v) is 7.06. The Morgan fingerprint density at radius 1 is 0.471 bits per heavy atom. The molecular formula is C33H27N. The Morgan fingerprint density at radius 2 is 1.00 bits per heavy atom. The fraction of sp³-hybridized carbons (Fsp3) is 0.0909. The maximum atomic E-state index is 3.82. The minimum absolute atomic E-state index is 0.110. The van der Waals surface area contributed by atoms with Crippen LogP contribution in [0.2, 0.25) is 0 Å². The summed E-state index contributed by atoms with van der Waals surface area (Å²) < 4.78 is 0. The highest BCUT2D eigenvalue weighted by molar-refractivity contribution is 5.96. The molecule has 0 amide bonds. The first-order valence-corrected chi connectivity index (χ1v) is 11.9. The zero-order valence-electron chi connectivity index (χ0n) is 19.5. The van der Waals surface area contributed by atoms with Crippen LogP contribution in [0.5, 0.6) is 0 Å². The molecule has 1 nitrogen and oxygen atoms in total. The number of fused-ring (bicyclic) bond motifs is 3. The summed E-state index contributed by atoms with van der Waals surface area (Å²) in [6.45, 7) is 4.70. The molecule has 1 aliphatic rings. The largest absolute Gasteiger partial charge is 0.355 e. The van der Waals surface area contributed by atoms with Gasteiger partial charge in [0.2, 0.25) is 0 Å². The molecule has 1 N–H and O–H groups in total. The van der Waals surface area contributed by atoms with Crippen molar-refractivity contribution in [3.05, 3.63) is 132 Å². The van der Waals surface area contributed by atoms with Crippen molar-refractivity contribution in [2.24, 2.45) is 0 Å². The van der Waals surface area contributed by atoms with Gasteiger partial charge in [0.05, 0.1) is 0 Å². The molecule has 0 heterocycles. The average molecular weight is 438 g/mol. The third-order valence-electron chi connectivity index (χ3n) is 7.06. The lowest BCUT2D eigenvalue weighted by molar-refractivity contribution is 0.662. The van der Waals surface area contributed by atoms with Crippen molar-refractivity contribution in [2.45, 2.75) is 19.3 Å². The molecule has 0 spiro atoms. The molecule has 164 valence electrons. The monoisotopic (exact) mass is 437 g/mol. The lowest BCUT2D eigenvalue weighted by Crippen LogP contribution is -2.17. The first kappa shape index (κ1) is 20.5. The fourth-order valence-electron chi connectivity index (χ4n) is 5.50. The first-order chi connectivity index (χ1) is 16.6. The van der Waals surface area contributed by atoms with Gasteiger partial charge in [-0.15, -0.1) is 0 Å². The molecule has 34 heavy (non-hydrogen) atoms. The lowest BCUT2D eigenvalue weighted by atomic mass is 9.81. The van der Waals surface area contributed by atoms with E-state index in [0.717, 1.165) is 5.69 Å². The number of hydrogen-bond donors (Lipinski definition) is 1. The molecule has 0 unspecified atom stereocenters. The quantitative estimate of drug-likeness (QED) is 0.296. The zero-order valence-corrected chi connectivity index (χ0v) is 19.5. The highest BCUT2D eigenvalue weighted by Gasteiger charge is 2.38. The molecule has 6 rings (SSSR count). The van der Waals surface area contributed by atoms with Crippen LogP contribution < -0.4 is 5.32 Å². The summed E-state index contributed by atoms with van der Waals surface area (Å²) in [5, 5.41) is 3.82. The van der Waals surface area contributed by atoms with Crippen LogP contribution in [0.15, 0.2) is 121 Å². The Labute approximate surface area is 201 Å². The van der Waals surface area contributed by atoms with Gasteiger partial charge in [0.15, 0.2) is 0 Å². The number of anilines is 2. The number of nitrogens with one attached hydrogen (secondary N) is 1. The van der Waals surface area contributed by atoms with Crippen molar-refractivity contribution < 1.29 is 0 Å². The second-order valence-electron chi connectivity index (χ2n) is 9.48. The van der Waals surface area contributed by atoms with Gasteiger partial charge in [0, 0.05) is 22.4 Å². The van der Waals surface area contributed by atoms with Gasteiger partial charge in [-0.05, 0) is 51.1 Å². The van der Waals surface area contributed by atoms with Crippen LogP contribution in [-0.2, 0) is 5.41 Å². The normalized spacial score (nSPS) is 13.2. The summed E-state index contributed by atoms with van der Waals surface area (Å²) in [7, 11) is 0. The minimum Gasteiger partial charge on any atom is -0.355 e. The SMILES string of the molecule is CC1(C)c2cccc(-c3ccccc3)c2-c2cccc(Nc3ccccc3-c3ccccc3)c21. The van der Waals surface area contributed by atoms with E-state index in [1.165, 1.54) is 50.2 Å². The molecule has 0 atom stereocenters. The van der Waals surface area contributed by atoms with E-state index < -0.39 is 0 Å². The predicted octanol–water partition coefficient (Wildman–Crippen LogP) is 9.07. The van der Waals surface area contributed by atoms with E-state index >= 15 is 0 Å². The zero-order chi connectivity index (χ0) is 23.1. The molecule has 5 aromatic carbocycles. The Hall–Kier alpha value is -4.10. The smallest absolute Gasteiger partial charge is 0.0463 e. The molecule has 0 bridgehead atoms. The molecule has 0 aromatic heterocycles. The molecule has 1 heteroatoms. The Bertz CT molecular complexity index is 1480. The van der Waals surface area contributed by atoms with Crippen molar-refractivity contribution in [3.8, 4) is 33.4 Å². The Balaban J connectivity index is 1.51. The van der Waals surface area contributed by atoms with Crippen molar-refractivity contribution in [3.63, 3.8) is 0 Å². The number of rotatable bonds is 4. The van der Waals surface area contributed by atoms with Crippen LogP contribution in [0.3, 0.4) is 0 Å². The van der Waals surface area contributed by atoms with Gasteiger partial charge in [-0.1, -0.05) is 123 Å². The van der Waals surface area contributed by atoms with Crippen molar-refractivity contribution in [1.82, 2.24) is 0 Å². The van der Waals surface area contributed by atoms with Crippen LogP contribution in [0.4, 0.5) is 11.4 Å². The number of para-hydroxylation sites is 1. The van der Waals surface area contributed by atoms with Crippen LogP contribution in [0.1, 0.15) is 25.0 Å². The van der Waals surface area contributed by atoms with Crippen LogP contribution in [0.25, 0.3) is 33.4 Å². The van der Waals surface area contributed by atoms with Crippen LogP contribution in [-0.4, -0.2) is 0 Å². The standard InChI is InChI=1S/C33H27N/c1-33(2)28-20-11-18-26(24-15-7-4-8-16-24)31(28)27-19-12-22-30(32(27)33)34-29-21-10-9-17-25(29)23-13-5-3-6-14-23/h3-22,34H,1-2H3. The van der Waals surface area contributed by atoms with Gasteiger partial charge in [-0.2, -0.15) is 0 Å². The van der Waals surface area contributed by atoms with Crippen molar-refractivity contribution in [1.29, 1.82) is 0 Å². The molecule has 0 fully saturated rings. The van der Waals surface area contributed by atoms with E-state index in [1.54, 1.807) is 0 Å². The topological polar surface area (TPSA) is 12.0 Å². The van der Waals surface area contributed by atoms with E-state index in [0.29, 0.717) is 0 Å². The molecule has 0 aliphatic heterocycles. The summed E-state index contributed by atoms with van der Waals surface area (Å²) in [4.78, 5) is 0. The maximum absolute atomic E-state index is 3.82. The van der Waals surface area contributed by atoms with Gasteiger partial charge in [-0.25, -0.2) is 0 Å². The molecule has 5 aromatic rings. The van der Waals surface area contributed by atoms with Crippen molar-refractivity contribution in [2.75, 3.05) is 5.32 Å². The van der Waals surface area contributed by atoms with E-state index in [4.69, 9.17) is 0 Å². The third kappa shape index (κ3) is 3.24. The second kappa shape index (κ2) is 8.04. The lowest BCUT2D eigenvalue weighted by Gasteiger charge is -2.25. The first-order valence-electron chi connectivity index (χ1n) is 11.9. The van der Waals surface area contributed by atoms with E-state index in [-0.39, 0.29) is 5.41 Å². The summed E-state index contributed by atoms with van der Waals surface area (Å²) in [5.41, 5.74) is 12.6. The molecular weight excluding hydrogens is 410 g/mol. The molecule has 0 saturated heterocycles.